The molecule has 6 nitrogen and oxygen atoms in total. The molecule has 1 saturated heterocycles. The fourth-order valence-corrected chi connectivity index (χ4v) is 4.09. The number of ether oxygens (including phenoxy) is 1. The number of halogens is 2. The third kappa shape index (κ3) is 4.92. The maximum absolute atomic E-state index is 13.4. The van der Waals surface area contributed by atoms with Crippen molar-refractivity contribution in [2.75, 3.05) is 4.90 Å². The Morgan fingerprint density at radius 2 is 1.82 bits per heavy atom. The summed E-state index contributed by atoms with van der Waals surface area (Å²) in [6.45, 7) is 2.09. The summed E-state index contributed by atoms with van der Waals surface area (Å²) < 4.78 is 19.7. The van der Waals surface area contributed by atoms with E-state index in [0.717, 1.165) is 10.5 Å². The quantitative estimate of drug-likeness (QED) is 0.347. The van der Waals surface area contributed by atoms with Crippen molar-refractivity contribution >= 4 is 45.5 Å². The lowest BCUT2D eigenvalue weighted by Gasteiger charge is -2.28. The molecule has 0 radical (unpaired) electrons. The van der Waals surface area contributed by atoms with Crippen molar-refractivity contribution in [3.8, 4) is 5.75 Å². The number of amides is 4. The number of nitrogens with zero attached hydrogens (tertiary/aromatic N) is 1. The number of anilines is 1. The fourth-order valence-electron chi connectivity index (χ4n) is 3.58. The topological polar surface area (TPSA) is 75.7 Å². The Kier molecular flexibility index (Phi) is 6.88. The van der Waals surface area contributed by atoms with Crippen molar-refractivity contribution < 1.29 is 23.5 Å². The second kappa shape index (κ2) is 10.0. The largest absolute Gasteiger partial charge is 0.488 e. The molecule has 34 heavy (non-hydrogen) atoms. The van der Waals surface area contributed by atoms with Gasteiger partial charge in [-0.25, -0.2) is 14.1 Å². The molecule has 1 N–H and O–H groups in total. The van der Waals surface area contributed by atoms with Gasteiger partial charge in [-0.2, -0.15) is 0 Å². The van der Waals surface area contributed by atoms with Gasteiger partial charge in [-0.3, -0.25) is 14.9 Å². The summed E-state index contributed by atoms with van der Waals surface area (Å²) in [6, 6.07) is 17.4. The smallest absolute Gasteiger partial charge is 0.335 e. The molecular weight excluding hydrogens is 503 g/mol. The van der Waals surface area contributed by atoms with E-state index in [-0.39, 0.29) is 18.0 Å². The number of imide groups is 2. The van der Waals surface area contributed by atoms with Gasteiger partial charge in [0.15, 0.2) is 0 Å². The Morgan fingerprint density at radius 1 is 1.03 bits per heavy atom. The lowest BCUT2D eigenvalue weighted by Crippen LogP contribution is -2.54. The zero-order valence-electron chi connectivity index (χ0n) is 18.2. The molecule has 3 aromatic rings. The summed E-state index contributed by atoms with van der Waals surface area (Å²) in [6.07, 6.45) is 2.04. The van der Waals surface area contributed by atoms with Crippen molar-refractivity contribution in [1.82, 2.24) is 5.32 Å². The van der Waals surface area contributed by atoms with E-state index in [1.165, 1.54) is 18.2 Å². The average Bonchev–Trinajstić information content (AvgIpc) is 2.81. The second-order valence-electron chi connectivity index (χ2n) is 7.55. The van der Waals surface area contributed by atoms with Crippen LogP contribution in [0.2, 0.25) is 0 Å². The standard InChI is InChI=1S/C26H20BrFN2O4/c1-2-18-7-3-4-9-22(18)30-25(32)20(24(31)29-26(30)33)13-16-10-11-23(21(27)14-16)34-15-17-6-5-8-19(28)12-17/h3-14H,2,15H2,1H3,(H,29,31,33)/b20-13-. The fraction of sp³-hybridized carbons (Fsp3) is 0.115. The van der Waals surface area contributed by atoms with Crippen LogP contribution in [0.25, 0.3) is 6.08 Å². The number of hydrogen-bond donors (Lipinski definition) is 1. The van der Waals surface area contributed by atoms with Gasteiger partial charge in [0, 0.05) is 0 Å². The summed E-state index contributed by atoms with van der Waals surface area (Å²) in [5, 5.41) is 2.24. The first kappa shape index (κ1) is 23.4. The molecule has 8 heteroatoms. The lowest BCUT2D eigenvalue weighted by atomic mass is 10.0. The number of rotatable bonds is 6. The molecular formula is C26H20BrFN2O4. The number of benzene rings is 3. The maximum Gasteiger partial charge on any atom is 0.335 e. The minimum atomic E-state index is -0.782. The number of urea groups is 1. The van der Waals surface area contributed by atoms with Gasteiger partial charge >= 0.3 is 6.03 Å². The molecule has 3 aromatic carbocycles. The first-order valence-electron chi connectivity index (χ1n) is 10.5. The van der Waals surface area contributed by atoms with E-state index in [2.05, 4.69) is 21.2 Å². The van der Waals surface area contributed by atoms with Gasteiger partial charge in [0.1, 0.15) is 23.7 Å². The van der Waals surface area contributed by atoms with Crippen LogP contribution in [-0.4, -0.2) is 17.8 Å². The third-order valence-corrected chi connectivity index (χ3v) is 5.89. The van der Waals surface area contributed by atoms with Gasteiger partial charge in [-0.15, -0.1) is 0 Å². The van der Waals surface area contributed by atoms with E-state index in [4.69, 9.17) is 4.74 Å². The summed E-state index contributed by atoms with van der Waals surface area (Å²) in [4.78, 5) is 39.1. The van der Waals surface area contributed by atoms with Crippen LogP contribution in [0.3, 0.4) is 0 Å². The molecule has 0 aliphatic carbocycles. The first-order chi connectivity index (χ1) is 16.4. The number of hydrogen-bond acceptors (Lipinski definition) is 4. The van der Waals surface area contributed by atoms with E-state index in [1.54, 1.807) is 42.5 Å². The molecule has 0 atom stereocenters. The van der Waals surface area contributed by atoms with Crippen LogP contribution in [0.1, 0.15) is 23.6 Å². The summed E-state index contributed by atoms with van der Waals surface area (Å²) >= 11 is 3.43. The third-order valence-electron chi connectivity index (χ3n) is 5.27. The maximum atomic E-state index is 13.4. The van der Waals surface area contributed by atoms with Crippen molar-refractivity contribution in [3.05, 3.63) is 99.3 Å². The van der Waals surface area contributed by atoms with Crippen LogP contribution in [0.15, 0.2) is 76.8 Å². The molecule has 4 rings (SSSR count). The molecule has 0 unspecified atom stereocenters. The molecule has 0 spiro atoms. The van der Waals surface area contributed by atoms with E-state index in [0.29, 0.717) is 33.5 Å². The first-order valence-corrected chi connectivity index (χ1v) is 11.3. The Bertz CT molecular complexity index is 1320. The van der Waals surface area contributed by atoms with Gasteiger partial charge in [0.2, 0.25) is 0 Å². The zero-order valence-corrected chi connectivity index (χ0v) is 19.8. The molecule has 1 heterocycles. The van der Waals surface area contributed by atoms with Crippen molar-refractivity contribution in [2.24, 2.45) is 0 Å². The average molecular weight is 523 g/mol. The molecule has 1 aliphatic rings. The van der Waals surface area contributed by atoms with E-state index < -0.39 is 17.8 Å². The SMILES string of the molecule is CCc1ccccc1N1C(=O)NC(=O)/C(=C/c2ccc(OCc3cccc(F)c3)c(Br)c2)C1=O. The van der Waals surface area contributed by atoms with Crippen molar-refractivity contribution in [3.63, 3.8) is 0 Å². The van der Waals surface area contributed by atoms with Crippen LogP contribution in [-0.2, 0) is 22.6 Å². The van der Waals surface area contributed by atoms with E-state index >= 15 is 0 Å². The van der Waals surface area contributed by atoms with Gasteiger partial charge < -0.3 is 4.74 Å². The molecule has 0 saturated carbocycles. The Labute approximate surface area is 204 Å². The number of carbonyl (C=O) groups is 3. The number of aryl methyl sites for hydroxylation is 1. The molecule has 0 bridgehead atoms. The molecule has 4 amide bonds. The van der Waals surface area contributed by atoms with Gasteiger partial charge in [0.05, 0.1) is 10.2 Å². The molecule has 172 valence electrons. The van der Waals surface area contributed by atoms with E-state index in [9.17, 15) is 18.8 Å². The van der Waals surface area contributed by atoms with Gasteiger partial charge in [-0.1, -0.05) is 43.3 Å². The predicted octanol–water partition coefficient (Wildman–Crippen LogP) is 5.40. The molecule has 1 fully saturated rings. The number of nitrogens with one attached hydrogen (secondary N) is 1. The van der Waals surface area contributed by atoms with Crippen LogP contribution >= 0.6 is 15.9 Å². The second-order valence-corrected chi connectivity index (χ2v) is 8.40. The van der Waals surface area contributed by atoms with Crippen molar-refractivity contribution in [1.29, 1.82) is 0 Å². The number of barbiturate groups is 1. The van der Waals surface area contributed by atoms with Crippen molar-refractivity contribution in [2.45, 2.75) is 20.0 Å². The number of para-hydroxylation sites is 1. The number of carbonyl (C=O) groups excluding carboxylic acids is 3. The highest BCUT2D eigenvalue weighted by molar-refractivity contribution is 9.10. The molecule has 0 aromatic heterocycles. The Balaban J connectivity index is 1.58. The predicted molar refractivity (Wildman–Crippen MR) is 130 cm³/mol. The summed E-state index contributed by atoms with van der Waals surface area (Å²) in [7, 11) is 0. The normalized spacial score (nSPS) is 15.0. The lowest BCUT2D eigenvalue weighted by molar-refractivity contribution is -0.122. The molecule has 1 aliphatic heterocycles. The highest BCUT2D eigenvalue weighted by atomic mass is 79.9. The van der Waals surface area contributed by atoms with E-state index in [1.807, 2.05) is 19.1 Å². The summed E-state index contributed by atoms with van der Waals surface area (Å²) in [5.74, 6) is -1.29. The highest BCUT2D eigenvalue weighted by Gasteiger charge is 2.37. The highest BCUT2D eigenvalue weighted by Crippen LogP contribution is 2.29. The zero-order chi connectivity index (χ0) is 24.2. The van der Waals surface area contributed by atoms with Crippen LogP contribution in [0.4, 0.5) is 14.9 Å². The minimum absolute atomic E-state index is 0.161. The Morgan fingerprint density at radius 3 is 2.56 bits per heavy atom. The van der Waals surface area contributed by atoms with Crippen LogP contribution in [0, 0.1) is 5.82 Å². The minimum Gasteiger partial charge on any atom is -0.488 e. The van der Waals surface area contributed by atoms with Gasteiger partial charge in [-0.05, 0) is 75.4 Å². The monoisotopic (exact) mass is 522 g/mol. The van der Waals surface area contributed by atoms with Gasteiger partial charge in [0.25, 0.3) is 11.8 Å². The van der Waals surface area contributed by atoms with Crippen LogP contribution < -0.4 is 15.0 Å². The Hall–Kier alpha value is -3.78. The van der Waals surface area contributed by atoms with Crippen LogP contribution in [0.5, 0.6) is 5.75 Å². The summed E-state index contributed by atoms with van der Waals surface area (Å²) in [5.41, 5.74) is 2.32.